The summed E-state index contributed by atoms with van der Waals surface area (Å²) in [6.07, 6.45) is 4.77. The number of hydrogen-bond acceptors (Lipinski definition) is 5. The molecule has 31 heavy (non-hydrogen) atoms. The van der Waals surface area contributed by atoms with Crippen molar-refractivity contribution in [3.05, 3.63) is 18.2 Å². The van der Waals surface area contributed by atoms with Crippen molar-refractivity contribution >= 4 is 28.8 Å². The van der Waals surface area contributed by atoms with Crippen LogP contribution in [-0.2, 0) is 4.74 Å². The fourth-order valence-corrected chi connectivity index (χ4v) is 5.02. The normalized spacial score (nSPS) is 19.8. The van der Waals surface area contributed by atoms with Gasteiger partial charge in [-0.1, -0.05) is 12.8 Å². The molecule has 0 unspecified atom stereocenters. The molecule has 2 fully saturated rings. The molecule has 1 aromatic carbocycles. The number of carbonyl (C=O) groups is 1. The number of piperazine rings is 1. The summed E-state index contributed by atoms with van der Waals surface area (Å²) in [5.41, 5.74) is 2.61. The summed E-state index contributed by atoms with van der Waals surface area (Å²) in [6.45, 7) is 12.2. The van der Waals surface area contributed by atoms with Gasteiger partial charge in [0.25, 0.3) is 0 Å². The van der Waals surface area contributed by atoms with Crippen molar-refractivity contribution in [3.8, 4) is 0 Å². The number of hydrogen-bond donors (Lipinski definition) is 1. The SMILES string of the molecule is CNc1nc2ccc(N3CCN(C(=O)OC(C)(C)C)C(C)(C)C3)cc2n1C1CCCC1. The zero-order valence-electron chi connectivity index (χ0n) is 19.9. The first kappa shape index (κ1) is 21.8. The van der Waals surface area contributed by atoms with Gasteiger partial charge in [0.15, 0.2) is 0 Å². The Morgan fingerprint density at radius 2 is 1.90 bits per heavy atom. The second-order valence-electron chi connectivity index (χ2n) is 10.5. The first-order valence-electron chi connectivity index (χ1n) is 11.5. The molecule has 1 aliphatic carbocycles. The lowest BCUT2D eigenvalue weighted by molar-refractivity contribution is 0.000378. The molecule has 170 valence electrons. The van der Waals surface area contributed by atoms with Crippen molar-refractivity contribution in [3.63, 3.8) is 0 Å². The van der Waals surface area contributed by atoms with Gasteiger partial charge >= 0.3 is 6.09 Å². The summed E-state index contributed by atoms with van der Waals surface area (Å²) in [5.74, 6) is 0.953. The van der Waals surface area contributed by atoms with Gasteiger partial charge in [-0.15, -0.1) is 0 Å². The average Bonchev–Trinajstić information content (AvgIpc) is 3.31. The van der Waals surface area contributed by atoms with E-state index in [-0.39, 0.29) is 11.6 Å². The maximum absolute atomic E-state index is 12.7. The van der Waals surface area contributed by atoms with Crippen LogP contribution in [0.25, 0.3) is 11.0 Å². The number of carbonyl (C=O) groups excluding carboxylic acids is 1. The van der Waals surface area contributed by atoms with Crippen LogP contribution in [0.15, 0.2) is 18.2 Å². The molecule has 2 aliphatic rings. The molecule has 1 saturated carbocycles. The molecule has 2 aromatic rings. The quantitative estimate of drug-likeness (QED) is 0.744. The molecule has 0 bridgehead atoms. The fraction of sp³-hybridized carbons (Fsp3) is 0.667. The average molecular weight is 428 g/mol. The van der Waals surface area contributed by atoms with Crippen LogP contribution in [0, 0.1) is 0 Å². The predicted octanol–water partition coefficient (Wildman–Crippen LogP) is 5.03. The van der Waals surface area contributed by atoms with E-state index in [0.717, 1.165) is 24.6 Å². The fourth-order valence-electron chi connectivity index (χ4n) is 5.02. The Bertz CT molecular complexity index is 953. The van der Waals surface area contributed by atoms with Gasteiger partial charge in [0.05, 0.1) is 16.6 Å². The number of fused-ring (bicyclic) bond motifs is 1. The van der Waals surface area contributed by atoms with E-state index in [1.165, 1.54) is 36.9 Å². The van der Waals surface area contributed by atoms with E-state index in [9.17, 15) is 4.79 Å². The molecule has 7 nitrogen and oxygen atoms in total. The highest BCUT2D eigenvalue weighted by molar-refractivity contribution is 5.83. The predicted molar refractivity (Wildman–Crippen MR) is 126 cm³/mol. The summed E-state index contributed by atoms with van der Waals surface area (Å²) in [6, 6.07) is 7.08. The van der Waals surface area contributed by atoms with Crippen LogP contribution < -0.4 is 10.2 Å². The lowest BCUT2D eigenvalue weighted by atomic mass is 9.98. The summed E-state index contributed by atoms with van der Waals surface area (Å²) < 4.78 is 8.05. The Morgan fingerprint density at radius 3 is 2.52 bits per heavy atom. The zero-order valence-corrected chi connectivity index (χ0v) is 19.9. The van der Waals surface area contributed by atoms with E-state index in [0.29, 0.717) is 12.6 Å². The number of nitrogens with zero attached hydrogens (tertiary/aromatic N) is 4. The molecule has 1 aliphatic heterocycles. The smallest absolute Gasteiger partial charge is 0.410 e. The molecule has 4 rings (SSSR count). The van der Waals surface area contributed by atoms with Crippen molar-refractivity contribution in [2.75, 3.05) is 36.9 Å². The van der Waals surface area contributed by atoms with Crippen LogP contribution in [0.1, 0.15) is 66.3 Å². The number of ether oxygens (including phenoxy) is 1. The molecule has 1 saturated heterocycles. The van der Waals surface area contributed by atoms with Crippen LogP contribution in [0.4, 0.5) is 16.4 Å². The summed E-state index contributed by atoms with van der Waals surface area (Å²) >= 11 is 0. The van der Waals surface area contributed by atoms with Crippen molar-refractivity contribution in [1.29, 1.82) is 0 Å². The highest BCUT2D eigenvalue weighted by Gasteiger charge is 2.39. The van der Waals surface area contributed by atoms with E-state index < -0.39 is 5.60 Å². The molecule has 1 aromatic heterocycles. The molecular formula is C24H37N5O2. The van der Waals surface area contributed by atoms with Crippen molar-refractivity contribution < 1.29 is 9.53 Å². The monoisotopic (exact) mass is 427 g/mol. The van der Waals surface area contributed by atoms with Gasteiger partial charge in [0.1, 0.15) is 5.60 Å². The van der Waals surface area contributed by atoms with Gasteiger partial charge in [0.2, 0.25) is 5.95 Å². The van der Waals surface area contributed by atoms with Crippen molar-refractivity contribution in [2.24, 2.45) is 0 Å². The topological polar surface area (TPSA) is 62.6 Å². The second-order valence-corrected chi connectivity index (χ2v) is 10.5. The van der Waals surface area contributed by atoms with Gasteiger partial charge in [-0.05, 0) is 65.7 Å². The van der Waals surface area contributed by atoms with Crippen LogP contribution in [0.5, 0.6) is 0 Å². The third-order valence-corrected chi connectivity index (χ3v) is 6.47. The molecular weight excluding hydrogens is 390 g/mol. The minimum atomic E-state index is -0.487. The Balaban J connectivity index is 1.59. The van der Waals surface area contributed by atoms with Gasteiger partial charge in [-0.25, -0.2) is 9.78 Å². The maximum atomic E-state index is 12.7. The van der Waals surface area contributed by atoms with Gasteiger partial charge in [-0.3, -0.25) is 4.90 Å². The first-order valence-corrected chi connectivity index (χ1v) is 11.5. The molecule has 1 amide bonds. The van der Waals surface area contributed by atoms with Gasteiger partial charge < -0.3 is 19.5 Å². The molecule has 0 spiro atoms. The molecule has 2 heterocycles. The Hall–Kier alpha value is -2.44. The van der Waals surface area contributed by atoms with Gasteiger partial charge in [0, 0.05) is 38.4 Å². The number of benzene rings is 1. The summed E-state index contributed by atoms with van der Waals surface area (Å²) in [7, 11) is 1.95. The number of amides is 1. The molecule has 0 radical (unpaired) electrons. The third-order valence-electron chi connectivity index (χ3n) is 6.47. The number of aromatic nitrogens is 2. The summed E-state index contributed by atoms with van der Waals surface area (Å²) in [4.78, 5) is 21.8. The Kier molecular flexibility index (Phi) is 5.56. The van der Waals surface area contributed by atoms with Crippen LogP contribution in [0.2, 0.25) is 0 Å². The minimum absolute atomic E-state index is 0.231. The second kappa shape index (κ2) is 7.92. The zero-order chi connectivity index (χ0) is 22.4. The third kappa shape index (κ3) is 4.32. The standard InChI is InChI=1S/C24H37N5O2/c1-23(2,3)31-22(30)28-14-13-27(16-24(28,4)5)18-11-12-19-20(15-18)29(21(25-6)26-19)17-9-7-8-10-17/h11-12,15,17H,7-10,13-14,16H2,1-6H3,(H,25,26). The van der Waals surface area contributed by atoms with E-state index >= 15 is 0 Å². The van der Waals surface area contributed by atoms with E-state index in [2.05, 4.69) is 46.8 Å². The van der Waals surface area contributed by atoms with Crippen LogP contribution in [0.3, 0.4) is 0 Å². The highest BCUT2D eigenvalue weighted by Crippen LogP contribution is 2.37. The number of imidazole rings is 1. The molecule has 1 N–H and O–H groups in total. The maximum Gasteiger partial charge on any atom is 0.410 e. The van der Waals surface area contributed by atoms with Crippen LogP contribution >= 0.6 is 0 Å². The van der Waals surface area contributed by atoms with Crippen LogP contribution in [-0.4, -0.2) is 58.4 Å². The summed E-state index contributed by atoms with van der Waals surface area (Å²) in [5, 5.41) is 3.29. The first-order chi connectivity index (χ1) is 14.6. The number of rotatable bonds is 3. The Labute approximate surface area is 185 Å². The Morgan fingerprint density at radius 1 is 1.19 bits per heavy atom. The largest absolute Gasteiger partial charge is 0.444 e. The van der Waals surface area contributed by atoms with Crippen molar-refractivity contribution in [1.82, 2.24) is 14.5 Å². The van der Waals surface area contributed by atoms with E-state index in [1.54, 1.807) is 0 Å². The lowest BCUT2D eigenvalue weighted by Crippen LogP contribution is -2.61. The molecule has 7 heteroatoms. The molecule has 0 atom stereocenters. The van der Waals surface area contributed by atoms with E-state index in [4.69, 9.17) is 9.72 Å². The number of anilines is 2. The highest BCUT2D eigenvalue weighted by atomic mass is 16.6. The van der Waals surface area contributed by atoms with Gasteiger partial charge in [-0.2, -0.15) is 0 Å². The van der Waals surface area contributed by atoms with E-state index in [1.807, 2.05) is 32.7 Å². The van der Waals surface area contributed by atoms with Crippen molar-refractivity contribution in [2.45, 2.75) is 77.5 Å². The minimum Gasteiger partial charge on any atom is -0.444 e. The lowest BCUT2D eigenvalue weighted by Gasteiger charge is -2.47. The number of nitrogens with one attached hydrogen (secondary N) is 1.